The Balaban J connectivity index is 1.36. The van der Waals surface area contributed by atoms with Crippen molar-refractivity contribution in [3.05, 3.63) is 48.7 Å². The zero-order chi connectivity index (χ0) is 19.5. The fraction of sp³-hybridized carbons (Fsp3) is 0.381. The smallest absolute Gasteiger partial charge is 0.228 e. The van der Waals surface area contributed by atoms with Gasteiger partial charge in [-0.05, 0) is 42.7 Å². The van der Waals surface area contributed by atoms with Gasteiger partial charge in [-0.2, -0.15) is 0 Å². The molecule has 6 nitrogen and oxygen atoms in total. The summed E-state index contributed by atoms with van der Waals surface area (Å²) in [5.74, 6) is 0.819. The molecular weight excluding hydrogens is 372 g/mol. The van der Waals surface area contributed by atoms with Crippen molar-refractivity contribution in [3.63, 3.8) is 0 Å². The monoisotopic (exact) mass is 396 g/mol. The third-order valence-corrected chi connectivity index (χ3v) is 6.17. The number of rotatable bonds is 4. The average Bonchev–Trinajstić information content (AvgIpc) is 3.15. The molecule has 7 heteroatoms. The summed E-state index contributed by atoms with van der Waals surface area (Å²) in [6.45, 7) is 3.34. The van der Waals surface area contributed by atoms with Crippen molar-refractivity contribution in [1.29, 1.82) is 0 Å². The van der Waals surface area contributed by atoms with Crippen LogP contribution in [0.5, 0.6) is 0 Å². The van der Waals surface area contributed by atoms with Crippen molar-refractivity contribution in [2.24, 2.45) is 5.92 Å². The third-order valence-electron chi connectivity index (χ3n) is 5.42. The molecule has 3 heterocycles. The maximum absolute atomic E-state index is 13.0. The molecule has 28 heavy (non-hydrogen) atoms. The molecule has 2 amide bonds. The number of carbonyl (C=O) groups excluding carboxylic acids is 2. The van der Waals surface area contributed by atoms with Gasteiger partial charge in [-0.3, -0.25) is 9.59 Å². The Morgan fingerprint density at radius 2 is 1.82 bits per heavy atom. The van der Waals surface area contributed by atoms with Crippen LogP contribution in [0.1, 0.15) is 6.42 Å². The summed E-state index contributed by atoms with van der Waals surface area (Å²) >= 11 is 1.67. The van der Waals surface area contributed by atoms with E-state index in [1.165, 1.54) is 0 Å². The number of amides is 2. The highest BCUT2D eigenvalue weighted by Crippen LogP contribution is 2.28. The van der Waals surface area contributed by atoms with Crippen molar-refractivity contribution in [2.45, 2.75) is 11.3 Å². The molecule has 1 aromatic heterocycles. The van der Waals surface area contributed by atoms with E-state index < -0.39 is 0 Å². The maximum Gasteiger partial charge on any atom is 0.228 e. The quantitative estimate of drug-likeness (QED) is 0.744. The molecule has 1 unspecified atom stereocenters. The van der Waals surface area contributed by atoms with Gasteiger partial charge in [-0.25, -0.2) is 4.98 Å². The predicted octanol–water partition coefficient (Wildman–Crippen LogP) is 2.51. The third kappa shape index (κ3) is 3.85. The first-order valence-electron chi connectivity index (χ1n) is 9.55. The van der Waals surface area contributed by atoms with Gasteiger partial charge in [0.15, 0.2) is 0 Å². The molecular formula is C21H24N4O2S. The van der Waals surface area contributed by atoms with E-state index in [9.17, 15) is 9.59 Å². The first kappa shape index (κ1) is 18.8. The predicted molar refractivity (Wildman–Crippen MR) is 112 cm³/mol. The largest absolute Gasteiger partial charge is 0.353 e. The van der Waals surface area contributed by atoms with Gasteiger partial charge >= 0.3 is 0 Å². The van der Waals surface area contributed by atoms with Crippen molar-refractivity contribution in [3.8, 4) is 0 Å². The van der Waals surface area contributed by atoms with Gasteiger partial charge in [0.2, 0.25) is 11.8 Å². The summed E-state index contributed by atoms with van der Waals surface area (Å²) in [5, 5.41) is 0. The topological polar surface area (TPSA) is 56.8 Å². The molecule has 1 aromatic carbocycles. The number of carbonyl (C=O) groups is 2. The molecule has 146 valence electrons. The Labute approximate surface area is 169 Å². The molecule has 2 fully saturated rings. The van der Waals surface area contributed by atoms with Crippen LogP contribution in [0.15, 0.2) is 53.6 Å². The number of piperazine rings is 1. The molecule has 0 radical (unpaired) electrons. The molecule has 0 spiro atoms. The highest BCUT2D eigenvalue weighted by molar-refractivity contribution is 7.98. The molecule has 0 bridgehead atoms. The van der Waals surface area contributed by atoms with E-state index in [1.807, 2.05) is 53.6 Å². The lowest BCUT2D eigenvalue weighted by Crippen LogP contribution is -2.51. The Morgan fingerprint density at radius 3 is 2.46 bits per heavy atom. The van der Waals surface area contributed by atoms with Crippen molar-refractivity contribution in [2.75, 3.05) is 48.8 Å². The summed E-state index contributed by atoms with van der Waals surface area (Å²) in [4.78, 5) is 36.9. The highest BCUT2D eigenvalue weighted by Gasteiger charge is 2.38. The fourth-order valence-corrected chi connectivity index (χ4v) is 4.25. The number of pyridine rings is 1. The molecule has 2 saturated heterocycles. The second-order valence-electron chi connectivity index (χ2n) is 7.10. The Morgan fingerprint density at radius 1 is 1.07 bits per heavy atom. The minimum Gasteiger partial charge on any atom is -0.353 e. The van der Waals surface area contributed by atoms with Crippen LogP contribution in [0.4, 0.5) is 11.5 Å². The van der Waals surface area contributed by atoms with Crippen LogP contribution in [0.25, 0.3) is 0 Å². The van der Waals surface area contributed by atoms with Crippen LogP contribution < -0.4 is 9.80 Å². The molecule has 4 rings (SSSR count). The average molecular weight is 397 g/mol. The normalized spacial score (nSPS) is 20.0. The summed E-state index contributed by atoms with van der Waals surface area (Å²) < 4.78 is 0. The van der Waals surface area contributed by atoms with Crippen LogP contribution in [0, 0.1) is 5.92 Å². The molecule has 0 N–H and O–H groups in total. The van der Waals surface area contributed by atoms with Gasteiger partial charge in [-0.1, -0.05) is 6.07 Å². The van der Waals surface area contributed by atoms with Crippen LogP contribution in [-0.4, -0.2) is 60.7 Å². The molecule has 2 aliphatic rings. The van der Waals surface area contributed by atoms with Crippen LogP contribution >= 0.6 is 11.8 Å². The fourth-order valence-electron chi connectivity index (χ4n) is 3.84. The van der Waals surface area contributed by atoms with E-state index in [0.717, 1.165) is 29.5 Å². The van der Waals surface area contributed by atoms with Crippen molar-refractivity contribution < 1.29 is 9.59 Å². The Bertz CT molecular complexity index is 835. The van der Waals surface area contributed by atoms with E-state index in [-0.39, 0.29) is 17.7 Å². The lowest BCUT2D eigenvalue weighted by Gasteiger charge is -2.36. The van der Waals surface area contributed by atoms with E-state index in [0.29, 0.717) is 26.1 Å². The summed E-state index contributed by atoms with van der Waals surface area (Å²) in [5.41, 5.74) is 0.873. The van der Waals surface area contributed by atoms with Gasteiger partial charge < -0.3 is 14.7 Å². The lowest BCUT2D eigenvalue weighted by atomic mass is 10.1. The Kier molecular flexibility index (Phi) is 5.52. The first-order chi connectivity index (χ1) is 13.7. The minimum atomic E-state index is -0.255. The Hall–Kier alpha value is -2.54. The number of nitrogens with zero attached hydrogens (tertiary/aromatic N) is 4. The maximum atomic E-state index is 13.0. The highest BCUT2D eigenvalue weighted by atomic mass is 32.2. The molecule has 1 atom stereocenters. The number of aromatic nitrogens is 1. The van der Waals surface area contributed by atoms with Gasteiger partial charge in [0, 0.05) is 55.9 Å². The number of thioether (sulfide) groups is 1. The number of hydrogen-bond acceptors (Lipinski definition) is 5. The van der Waals surface area contributed by atoms with E-state index in [1.54, 1.807) is 22.9 Å². The lowest BCUT2D eigenvalue weighted by molar-refractivity contribution is -0.136. The van der Waals surface area contributed by atoms with Gasteiger partial charge in [0.25, 0.3) is 0 Å². The summed E-state index contributed by atoms with van der Waals surface area (Å²) in [7, 11) is 0. The number of hydrogen-bond donors (Lipinski definition) is 0. The van der Waals surface area contributed by atoms with Crippen LogP contribution in [0.2, 0.25) is 0 Å². The molecule has 0 saturated carbocycles. The second kappa shape index (κ2) is 8.22. The van der Waals surface area contributed by atoms with Crippen LogP contribution in [0.3, 0.4) is 0 Å². The van der Waals surface area contributed by atoms with Crippen molar-refractivity contribution in [1.82, 2.24) is 9.88 Å². The molecule has 2 aromatic rings. The second-order valence-corrected chi connectivity index (χ2v) is 7.98. The van der Waals surface area contributed by atoms with E-state index >= 15 is 0 Å². The van der Waals surface area contributed by atoms with Crippen molar-refractivity contribution >= 4 is 35.1 Å². The van der Waals surface area contributed by atoms with Gasteiger partial charge in [-0.15, -0.1) is 11.8 Å². The number of benzene rings is 1. The zero-order valence-corrected chi connectivity index (χ0v) is 16.8. The molecule has 0 aliphatic carbocycles. The SMILES string of the molecule is CSc1ccc(N2CC(C(=O)N3CCN(c4ccccn4)CC3)CC2=O)cc1. The first-order valence-corrected chi connectivity index (χ1v) is 10.8. The standard InChI is InChI=1S/C21H24N4O2S/c1-28-18-7-5-17(6-8-18)25-15-16(14-20(25)26)21(27)24-12-10-23(11-13-24)19-4-2-3-9-22-19/h2-9,16H,10-15H2,1H3. The summed E-state index contributed by atoms with van der Waals surface area (Å²) in [6.07, 6.45) is 4.11. The minimum absolute atomic E-state index is 0.0300. The zero-order valence-electron chi connectivity index (χ0n) is 16.0. The number of anilines is 2. The van der Waals surface area contributed by atoms with E-state index in [4.69, 9.17) is 0 Å². The van der Waals surface area contributed by atoms with E-state index in [2.05, 4.69) is 9.88 Å². The van der Waals surface area contributed by atoms with Gasteiger partial charge in [0.05, 0.1) is 5.92 Å². The van der Waals surface area contributed by atoms with Gasteiger partial charge in [0.1, 0.15) is 5.82 Å². The van der Waals surface area contributed by atoms with Crippen LogP contribution in [-0.2, 0) is 9.59 Å². The summed E-state index contributed by atoms with van der Waals surface area (Å²) in [6, 6.07) is 13.8. The molecule has 2 aliphatic heterocycles.